The fourth-order valence-electron chi connectivity index (χ4n) is 3.49. The molecule has 0 radical (unpaired) electrons. The van der Waals surface area contributed by atoms with E-state index >= 15 is 0 Å². The lowest BCUT2D eigenvalue weighted by Crippen LogP contribution is -2.39. The fourth-order valence-corrected chi connectivity index (χ4v) is 5.36. The molecular formula is C22H22ClN5O4S. The molecule has 1 aliphatic rings. The highest BCUT2D eigenvalue weighted by atomic mass is 35.5. The van der Waals surface area contributed by atoms with Crippen LogP contribution < -0.4 is 15.6 Å². The minimum atomic E-state index is -3.85. The highest BCUT2D eigenvalue weighted by Gasteiger charge is 2.46. The smallest absolute Gasteiger partial charge is 0.268 e. The van der Waals surface area contributed by atoms with Crippen LogP contribution in [0, 0.1) is 6.92 Å². The van der Waals surface area contributed by atoms with E-state index < -0.39 is 27.0 Å². The van der Waals surface area contributed by atoms with Crippen LogP contribution in [0.4, 0.5) is 5.69 Å². The Balaban J connectivity index is 1.49. The van der Waals surface area contributed by atoms with Gasteiger partial charge in [-0.3, -0.25) is 14.6 Å². The zero-order valence-electron chi connectivity index (χ0n) is 17.8. The maximum Gasteiger partial charge on any atom is 0.268 e. The number of aryl methyl sites for hydroxylation is 1. The normalized spacial score (nSPS) is 14.6. The predicted molar refractivity (Wildman–Crippen MR) is 124 cm³/mol. The molecular weight excluding hydrogens is 466 g/mol. The summed E-state index contributed by atoms with van der Waals surface area (Å²) in [6.07, 6.45) is 4.90. The second kappa shape index (κ2) is 9.05. The van der Waals surface area contributed by atoms with Crippen molar-refractivity contribution in [2.24, 2.45) is 0 Å². The van der Waals surface area contributed by atoms with Gasteiger partial charge in [-0.2, -0.15) is 5.10 Å². The zero-order valence-corrected chi connectivity index (χ0v) is 19.4. The molecule has 0 aliphatic heterocycles. The van der Waals surface area contributed by atoms with E-state index in [0.717, 1.165) is 29.3 Å². The molecule has 3 aromatic rings. The highest BCUT2D eigenvalue weighted by Crippen LogP contribution is 2.40. The van der Waals surface area contributed by atoms with Crippen LogP contribution in [-0.4, -0.2) is 34.6 Å². The lowest BCUT2D eigenvalue weighted by atomic mass is 10.1. The first-order valence-electron chi connectivity index (χ1n) is 10.2. The van der Waals surface area contributed by atoms with E-state index in [2.05, 4.69) is 20.1 Å². The van der Waals surface area contributed by atoms with Crippen molar-refractivity contribution >= 4 is 33.2 Å². The van der Waals surface area contributed by atoms with Gasteiger partial charge >= 0.3 is 0 Å². The summed E-state index contributed by atoms with van der Waals surface area (Å²) in [6.45, 7) is 1.35. The van der Waals surface area contributed by atoms with E-state index in [1.54, 1.807) is 25.3 Å². The molecule has 172 valence electrons. The average molecular weight is 488 g/mol. The van der Waals surface area contributed by atoms with Gasteiger partial charge in [0.2, 0.25) is 15.9 Å². The number of hydrogen-bond donors (Lipinski definition) is 2. The third-order valence-electron chi connectivity index (χ3n) is 5.34. The predicted octanol–water partition coefficient (Wildman–Crippen LogP) is 2.29. The number of halogens is 1. The zero-order chi connectivity index (χ0) is 23.6. The lowest BCUT2D eigenvalue weighted by Gasteiger charge is -2.19. The number of rotatable bonds is 8. The van der Waals surface area contributed by atoms with Crippen molar-refractivity contribution in [1.29, 1.82) is 0 Å². The maximum atomic E-state index is 13.2. The van der Waals surface area contributed by atoms with Crippen LogP contribution in [0.1, 0.15) is 24.1 Å². The SMILES string of the molecule is Cc1ccc(NC(=O)Cn2ncc(Cl)cc2=O)cc1S(=O)(=O)NC1(Cc2ccccn2)CC1. The molecule has 2 aromatic heterocycles. The Morgan fingerprint density at radius 2 is 2.00 bits per heavy atom. The summed E-state index contributed by atoms with van der Waals surface area (Å²) in [5.74, 6) is -0.527. The van der Waals surface area contributed by atoms with Gasteiger partial charge in [0.05, 0.1) is 16.1 Å². The molecule has 4 rings (SSSR count). The standard InChI is InChI=1S/C22H22ClN5O4S/c1-15-5-6-17(26-20(29)14-28-21(30)10-16(23)13-25-28)11-19(15)33(31,32)27-22(7-8-22)12-18-4-2-3-9-24-18/h2-6,9-11,13,27H,7-8,12,14H2,1H3,(H,26,29). The highest BCUT2D eigenvalue weighted by molar-refractivity contribution is 7.89. The first-order valence-corrected chi connectivity index (χ1v) is 12.1. The summed E-state index contributed by atoms with van der Waals surface area (Å²) in [7, 11) is -3.85. The molecule has 0 unspecified atom stereocenters. The molecule has 1 amide bonds. The number of hydrogen-bond acceptors (Lipinski definition) is 6. The largest absolute Gasteiger partial charge is 0.324 e. The number of sulfonamides is 1. The summed E-state index contributed by atoms with van der Waals surface area (Å²) < 4.78 is 30.2. The van der Waals surface area contributed by atoms with Crippen molar-refractivity contribution in [2.45, 2.75) is 43.2 Å². The Hall–Kier alpha value is -3.08. The third kappa shape index (κ3) is 5.65. The number of amides is 1. The molecule has 2 heterocycles. The van der Waals surface area contributed by atoms with Crippen LogP contribution in [0.5, 0.6) is 0 Å². The Bertz CT molecular complexity index is 1350. The van der Waals surface area contributed by atoms with E-state index in [9.17, 15) is 18.0 Å². The Kier molecular flexibility index (Phi) is 6.33. The Labute approximate surface area is 195 Å². The molecule has 9 nitrogen and oxygen atoms in total. The number of carbonyl (C=O) groups is 1. The van der Waals surface area contributed by atoms with Gasteiger partial charge in [-0.25, -0.2) is 17.8 Å². The quantitative estimate of drug-likeness (QED) is 0.502. The van der Waals surface area contributed by atoms with Crippen LogP contribution in [-0.2, 0) is 27.8 Å². The van der Waals surface area contributed by atoms with Crippen molar-refractivity contribution in [2.75, 3.05) is 5.32 Å². The van der Waals surface area contributed by atoms with Gasteiger partial charge in [0.15, 0.2) is 0 Å². The van der Waals surface area contributed by atoms with Gasteiger partial charge in [-0.1, -0.05) is 23.7 Å². The molecule has 0 atom stereocenters. The maximum absolute atomic E-state index is 13.2. The first-order chi connectivity index (χ1) is 15.7. The third-order valence-corrected chi connectivity index (χ3v) is 7.27. The number of benzene rings is 1. The first kappa shape index (κ1) is 23.1. The Morgan fingerprint density at radius 3 is 2.67 bits per heavy atom. The molecule has 33 heavy (non-hydrogen) atoms. The van der Waals surface area contributed by atoms with Crippen molar-refractivity contribution in [1.82, 2.24) is 19.5 Å². The van der Waals surface area contributed by atoms with Crippen LogP contribution >= 0.6 is 11.6 Å². The Morgan fingerprint density at radius 1 is 1.21 bits per heavy atom. The van der Waals surface area contributed by atoms with Crippen molar-refractivity contribution in [3.05, 3.63) is 81.5 Å². The van der Waals surface area contributed by atoms with Gasteiger partial charge < -0.3 is 5.32 Å². The minimum absolute atomic E-state index is 0.0781. The molecule has 2 N–H and O–H groups in total. The van der Waals surface area contributed by atoms with Crippen LogP contribution in [0.15, 0.2) is 64.5 Å². The molecule has 1 aromatic carbocycles. The van der Waals surface area contributed by atoms with Crippen molar-refractivity contribution in [3.63, 3.8) is 0 Å². The summed E-state index contributed by atoms with van der Waals surface area (Å²) in [5.41, 5.74) is 0.589. The number of aromatic nitrogens is 3. The summed E-state index contributed by atoms with van der Waals surface area (Å²) in [5, 5.41) is 6.60. The summed E-state index contributed by atoms with van der Waals surface area (Å²) in [4.78, 5) is 28.6. The lowest BCUT2D eigenvalue weighted by molar-refractivity contribution is -0.117. The number of pyridine rings is 1. The van der Waals surface area contributed by atoms with E-state index in [-0.39, 0.29) is 16.5 Å². The second-order valence-electron chi connectivity index (χ2n) is 8.08. The van der Waals surface area contributed by atoms with Crippen LogP contribution in [0.3, 0.4) is 0 Å². The van der Waals surface area contributed by atoms with Gasteiger partial charge in [-0.05, 0) is 49.6 Å². The van der Waals surface area contributed by atoms with Gasteiger partial charge in [0, 0.05) is 35.6 Å². The molecule has 0 saturated heterocycles. The van der Waals surface area contributed by atoms with Crippen molar-refractivity contribution in [3.8, 4) is 0 Å². The van der Waals surface area contributed by atoms with Gasteiger partial charge in [0.1, 0.15) is 6.54 Å². The van der Waals surface area contributed by atoms with Crippen LogP contribution in [0.2, 0.25) is 5.02 Å². The summed E-state index contributed by atoms with van der Waals surface area (Å²) in [6, 6.07) is 11.3. The van der Waals surface area contributed by atoms with Gasteiger partial charge in [-0.15, -0.1) is 0 Å². The molecule has 1 fully saturated rings. The minimum Gasteiger partial charge on any atom is -0.324 e. The van der Waals surface area contributed by atoms with Gasteiger partial charge in [0.25, 0.3) is 5.56 Å². The molecule has 0 spiro atoms. The molecule has 1 saturated carbocycles. The number of nitrogens with one attached hydrogen (secondary N) is 2. The van der Waals surface area contributed by atoms with E-state index in [1.165, 1.54) is 12.3 Å². The number of nitrogens with zero attached hydrogens (tertiary/aromatic N) is 3. The topological polar surface area (TPSA) is 123 Å². The van der Waals surface area contributed by atoms with Crippen LogP contribution in [0.25, 0.3) is 0 Å². The van der Waals surface area contributed by atoms with E-state index in [1.807, 2.05) is 18.2 Å². The fraction of sp³-hybridized carbons (Fsp3) is 0.273. The molecule has 0 bridgehead atoms. The molecule has 11 heteroatoms. The second-order valence-corrected chi connectivity index (χ2v) is 10.2. The summed E-state index contributed by atoms with van der Waals surface area (Å²) >= 11 is 5.71. The number of anilines is 1. The average Bonchev–Trinajstić information content (AvgIpc) is 3.50. The van der Waals surface area contributed by atoms with Crippen molar-refractivity contribution < 1.29 is 13.2 Å². The molecule has 1 aliphatic carbocycles. The van der Waals surface area contributed by atoms with E-state index in [4.69, 9.17) is 11.6 Å². The van der Waals surface area contributed by atoms with E-state index in [0.29, 0.717) is 17.7 Å². The monoisotopic (exact) mass is 487 g/mol. The number of carbonyl (C=O) groups excluding carboxylic acids is 1.